The molecule has 0 aromatic carbocycles. The van der Waals surface area contributed by atoms with Gasteiger partial charge >= 0.3 is 0 Å². The Kier molecular flexibility index (Phi) is 11.2. The molecule has 1 aromatic heterocycles. The monoisotopic (exact) mass is 525 g/mol. The summed E-state index contributed by atoms with van der Waals surface area (Å²) in [5, 5.41) is 6.53. The van der Waals surface area contributed by atoms with Crippen LogP contribution in [-0.2, 0) is 16.0 Å². The molecule has 1 saturated heterocycles. The molecule has 1 fully saturated rings. The van der Waals surface area contributed by atoms with Crippen LogP contribution in [0, 0.1) is 0 Å². The van der Waals surface area contributed by atoms with Crippen LogP contribution in [0.4, 0.5) is 0 Å². The lowest BCUT2D eigenvalue weighted by Crippen LogP contribution is -2.51. The molecule has 9 heteroatoms. The predicted molar refractivity (Wildman–Crippen MR) is 127 cm³/mol. The summed E-state index contributed by atoms with van der Waals surface area (Å²) in [6.07, 6.45) is 2.05. The quantitative estimate of drug-likeness (QED) is 0.320. The molecule has 0 aliphatic carbocycles. The van der Waals surface area contributed by atoms with Crippen LogP contribution < -0.4 is 5.32 Å². The van der Waals surface area contributed by atoms with E-state index in [1.54, 1.807) is 18.4 Å². The Bertz CT molecular complexity index is 605. The average molecular weight is 526 g/mol. The van der Waals surface area contributed by atoms with Crippen LogP contribution in [-0.4, -0.2) is 80.8 Å². The zero-order valence-electron chi connectivity index (χ0n) is 18.0. The van der Waals surface area contributed by atoms with Gasteiger partial charge in [0.1, 0.15) is 11.1 Å². The number of aliphatic imine (C=N–C) groups is 1. The van der Waals surface area contributed by atoms with Crippen LogP contribution in [0.2, 0.25) is 0 Å². The summed E-state index contributed by atoms with van der Waals surface area (Å²) >= 11 is 1.65. The number of rotatable bonds is 8. The van der Waals surface area contributed by atoms with Crippen molar-refractivity contribution >= 4 is 41.3 Å². The first-order chi connectivity index (χ1) is 12.9. The summed E-state index contributed by atoms with van der Waals surface area (Å²) < 4.78 is 10.9. The molecule has 1 aliphatic rings. The summed E-state index contributed by atoms with van der Waals surface area (Å²) in [5.74, 6) is 0.916. The maximum atomic E-state index is 5.57. The van der Waals surface area contributed by atoms with E-state index in [0.717, 1.165) is 62.4 Å². The molecule has 1 atom stereocenters. The Hall–Kier alpha value is -0.490. The first-order valence-electron chi connectivity index (χ1n) is 9.63. The van der Waals surface area contributed by atoms with Gasteiger partial charge < -0.3 is 24.6 Å². The summed E-state index contributed by atoms with van der Waals surface area (Å²) in [4.78, 5) is 14.1. The maximum absolute atomic E-state index is 5.57. The van der Waals surface area contributed by atoms with Gasteiger partial charge in [-0.3, -0.25) is 4.99 Å². The number of nitrogens with one attached hydrogen (secondary N) is 1. The highest BCUT2D eigenvalue weighted by Crippen LogP contribution is 2.26. The lowest BCUT2D eigenvalue weighted by molar-refractivity contribution is -0.00263. The van der Waals surface area contributed by atoms with Gasteiger partial charge in [0, 0.05) is 44.8 Å². The number of guanidine groups is 1. The minimum Gasteiger partial charge on any atom is -0.381 e. The highest BCUT2D eigenvalue weighted by atomic mass is 127. The SMILES string of the molecule is CCNC(=NCC1(N(C)C)CCOCC1)N(C)Cc1csc(C(C)OC)n1.I. The van der Waals surface area contributed by atoms with Gasteiger partial charge in [0.25, 0.3) is 0 Å². The third kappa shape index (κ3) is 6.79. The van der Waals surface area contributed by atoms with Crippen LogP contribution in [0.1, 0.15) is 43.5 Å². The minimum atomic E-state index is 0. The van der Waals surface area contributed by atoms with Crippen molar-refractivity contribution in [2.75, 3.05) is 54.6 Å². The average Bonchev–Trinajstić information content (AvgIpc) is 3.13. The van der Waals surface area contributed by atoms with Gasteiger partial charge in [-0.2, -0.15) is 0 Å². The van der Waals surface area contributed by atoms with Gasteiger partial charge in [0.2, 0.25) is 0 Å². The molecule has 0 bridgehead atoms. The normalized spacial score (nSPS) is 17.9. The first kappa shape index (κ1) is 25.5. The van der Waals surface area contributed by atoms with Crippen LogP contribution in [0.3, 0.4) is 0 Å². The molecule has 0 saturated carbocycles. The standard InChI is InChI=1S/C19H35N5O2S.HI/c1-7-20-18(21-14-19(23(3)4)8-10-26-11-9-19)24(5)12-16-13-27-17(22-16)15(2)25-6;/h13,15H,7-12,14H2,1-6H3,(H,20,21);1H. The van der Waals surface area contributed by atoms with Crippen molar-refractivity contribution in [3.8, 4) is 0 Å². The number of thiazole rings is 1. The van der Waals surface area contributed by atoms with E-state index in [9.17, 15) is 0 Å². The molecule has 0 radical (unpaired) electrons. The topological polar surface area (TPSA) is 62.2 Å². The van der Waals surface area contributed by atoms with E-state index >= 15 is 0 Å². The highest BCUT2D eigenvalue weighted by molar-refractivity contribution is 14.0. The molecule has 2 rings (SSSR count). The number of halogens is 1. The van der Waals surface area contributed by atoms with Crippen LogP contribution in [0.15, 0.2) is 10.4 Å². The summed E-state index contributed by atoms with van der Waals surface area (Å²) in [5.41, 5.74) is 1.11. The first-order valence-corrected chi connectivity index (χ1v) is 10.5. The molecule has 1 aliphatic heterocycles. The molecule has 0 spiro atoms. The van der Waals surface area contributed by atoms with E-state index in [2.05, 4.69) is 48.6 Å². The van der Waals surface area contributed by atoms with Crippen molar-refractivity contribution in [1.82, 2.24) is 20.1 Å². The molecular weight excluding hydrogens is 489 g/mol. The summed E-state index contributed by atoms with van der Waals surface area (Å²) in [6, 6.07) is 0. The Morgan fingerprint density at radius 2 is 2.07 bits per heavy atom. The molecule has 0 amide bonds. The van der Waals surface area contributed by atoms with E-state index < -0.39 is 0 Å². The number of likely N-dealkylation sites (N-methyl/N-ethyl adjacent to an activating group) is 1. The third-order valence-corrected chi connectivity index (χ3v) is 6.32. The molecule has 162 valence electrons. The molecule has 1 aromatic rings. The van der Waals surface area contributed by atoms with E-state index in [1.807, 2.05) is 6.92 Å². The number of hydrogen-bond acceptors (Lipinski definition) is 6. The lowest BCUT2D eigenvalue weighted by atomic mass is 9.89. The van der Waals surface area contributed by atoms with E-state index in [4.69, 9.17) is 19.5 Å². The van der Waals surface area contributed by atoms with E-state index in [-0.39, 0.29) is 35.6 Å². The smallest absolute Gasteiger partial charge is 0.194 e. The number of nitrogens with zero attached hydrogens (tertiary/aromatic N) is 4. The number of hydrogen-bond donors (Lipinski definition) is 1. The zero-order chi connectivity index (χ0) is 19.9. The van der Waals surface area contributed by atoms with Crippen molar-refractivity contribution < 1.29 is 9.47 Å². The molecule has 28 heavy (non-hydrogen) atoms. The van der Waals surface area contributed by atoms with Crippen LogP contribution in [0.5, 0.6) is 0 Å². The van der Waals surface area contributed by atoms with E-state index in [1.165, 1.54) is 0 Å². The van der Waals surface area contributed by atoms with Crippen molar-refractivity contribution in [2.45, 2.75) is 44.9 Å². The number of ether oxygens (including phenoxy) is 2. The van der Waals surface area contributed by atoms with Crippen LogP contribution in [0.25, 0.3) is 0 Å². The van der Waals surface area contributed by atoms with Crippen molar-refractivity contribution in [1.29, 1.82) is 0 Å². The predicted octanol–water partition coefficient (Wildman–Crippen LogP) is 2.98. The lowest BCUT2D eigenvalue weighted by Gasteiger charge is -2.42. The summed E-state index contributed by atoms with van der Waals surface area (Å²) in [6.45, 7) is 8.05. The summed E-state index contributed by atoms with van der Waals surface area (Å²) in [7, 11) is 8.06. The van der Waals surface area contributed by atoms with E-state index in [0.29, 0.717) is 0 Å². The highest BCUT2D eigenvalue weighted by Gasteiger charge is 2.34. The second-order valence-electron chi connectivity index (χ2n) is 7.31. The fourth-order valence-electron chi connectivity index (χ4n) is 3.19. The van der Waals surface area contributed by atoms with Crippen molar-refractivity contribution in [3.05, 3.63) is 16.1 Å². The Morgan fingerprint density at radius 3 is 2.64 bits per heavy atom. The maximum Gasteiger partial charge on any atom is 0.194 e. The molecule has 1 unspecified atom stereocenters. The van der Waals surface area contributed by atoms with Gasteiger partial charge in [-0.1, -0.05) is 0 Å². The second kappa shape index (κ2) is 12.3. The van der Waals surface area contributed by atoms with Crippen LogP contribution >= 0.6 is 35.3 Å². The molecule has 7 nitrogen and oxygen atoms in total. The van der Waals surface area contributed by atoms with Gasteiger partial charge in [-0.05, 0) is 40.8 Å². The molecule has 2 heterocycles. The van der Waals surface area contributed by atoms with Crippen molar-refractivity contribution in [3.63, 3.8) is 0 Å². The minimum absolute atomic E-state index is 0. The van der Waals surface area contributed by atoms with Gasteiger partial charge in [-0.25, -0.2) is 4.98 Å². The van der Waals surface area contributed by atoms with Gasteiger partial charge in [0.15, 0.2) is 5.96 Å². The molecule has 1 N–H and O–H groups in total. The Labute approximate surface area is 190 Å². The van der Waals surface area contributed by atoms with Gasteiger partial charge in [0.05, 0.1) is 18.8 Å². The molecular formula is C19H36IN5O2S. The number of aromatic nitrogens is 1. The zero-order valence-corrected chi connectivity index (χ0v) is 21.2. The fourth-order valence-corrected chi connectivity index (χ4v) is 4.03. The Balaban J connectivity index is 0.00000392. The fraction of sp³-hybridized carbons (Fsp3) is 0.789. The van der Waals surface area contributed by atoms with Gasteiger partial charge in [-0.15, -0.1) is 35.3 Å². The second-order valence-corrected chi connectivity index (χ2v) is 8.20. The largest absolute Gasteiger partial charge is 0.381 e. The number of methoxy groups -OCH3 is 1. The third-order valence-electron chi connectivity index (χ3n) is 5.26. The van der Waals surface area contributed by atoms with Crippen molar-refractivity contribution in [2.24, 2.45) is 4.99 Å². The Morgan fingerprint density at radius 1 is 1.39 bits per heavy atom.